The molecule has 4 rings (SSSR count). The van der Waals surface area contributed by atoms with Gasteiger partial charge >= 0.3 is 0 Å². The number of pyridine rings is 1. The lowest BCUT2D eigenvalue weighted by Crippen LogP contribution is -2.19. The van der Waals surface area contributed by atoms with Gasteiger partial charge in [-0.15, -0.1) is 0 Å². The van der Waals surface area contributed by atoms with Crippen molar-refractivity contribution in [3.63, 3.8) is 0 Å². The van der Waals surface area contributed by atoms with E-state index in [1.807, 2.05) is 47.8 Å². The number of benzene rings is 2. The molecule has 4 aromatic rings. The monoisotopic (exact) mass is 338 g/mol. The molecule has 0 saturated heterocycles. The van der Waals surface area contributed by atoms with E-state index in [0.717, 1.165) is 22.9 Å². The molecule has 0 fully saturated rings. The number of anilines is 1. The highest BCUT2D eigenvalue weighted by Gasteiger charge is 2.15. The molecule has 0 aliphatic carbocycles. The molecule has 0 aliphatic heterocycles. The number of nitrogens with zero attached hydrogens (tertiary/aromatic N) is 4. The highest BCUT2D eigenvalue weighted by atomic mass is 19.1. The summed E-state index contributed by atoms with van der Waals surface area (Å²) in [5, 5.41) is 0.446. The molecule has 0 spiro atoms. The Morgan fingerprint density at radius 2 is 1.92 bits per heavy atom. The molecular weight excluding hydrogens is 322 g/mol. The first-order valence-electron chi connectivity index (χ1n) is 7.90. The molecule has 2 aromatic carbocycles. The molecule has 4 nitrogen and oxygen atoms in total. The highest BCUT2D eigenvalue weighted by Crippen LogP contribution is 2.28. The van der Waals surface area contributed by atoms with E-state index in [1.165, 1.54) is 12.3 Å². The molecule has 0 unspecified atom stereocenters. The van der Waals surface area contributed by atoms with Crippen molar-refractivity contribution < 1.29 is 8.78 Å². The van der Waals surface area contributed by atoms with Crippen LogP contribution in [0.1, 0.15) is 5.82 Å². The molecule has 0 amide bonds. The smallest absolute Gasteiger partial charge is 0.152 e. The third kappa shape index (κ3) is 2.59. The van der Waals surface area contributed by atoms with E-state index in [0.29, 0.717) is 17.6 Å². The summed E-state index contributed by atoms with van der Waals surface area (Å²) in [6.07, 6.45) is 1.53. The molecule has 2 aromatic heterocycles. The van der Waals surface area contributed by atoms with Crippen molar-refractivity contribution >= 4 is 27.6 Å². The van der Waals surface area contributed by atoms with Crippen molar-refractivity contribution in [2.75, 3.05) is 11.9 Å². The van der Waals surface area contributed by atoms with Crippen LogP contribution in [0, 0.1) is 11.6 Å². The molecular formula is C19H16F2N4. The summed E-state index contributed by atoms with van der Waals surface area (Å²) in [7, 11) is 3.83. The van der Waals surface area contributed by atoms with Gasteiger partial charge in [0.1, 0.15) is 17.2 Å². The van der Waals surface area contributed by atoms with Crippen molar-refractivity contribution in [3.05, 3.63) is 66.1 Å². The van der Waals surface area contributed by atoms with Crippen molar-refractivity contribution in [1.29, 1.82) is 0 Å². The Labute approximate surface area is 143 Å². The van der Waals surface area contributed by atoms with Gasteiger partial charge in [0.05, 0.1) is 17.6 Å². The van der Waals surface area contributed by atoms with Gasteiger partial charge < -0.3 is 9.47 Å². The second-order valence-electron chi connectivity index (χ2n) is 6.05. The highest BCUT2D eigenvalue weighted by molar-refractivity contribution is 5.91. The quantitative estimate of drug-likeness (QED) is 0.565. The van der Waals surface area contributed by atoms with E-state index in [9.17, 15) is 8.78 Å². The number of fused-ring (bicyclic) bond motifs is 2. The van der Waals surface area contributed by atoms with Gasteiger partial charge in [0.25, 0.3) is 0 Å². The SMILES string of the molecule is CN(Cc1nc2ccccc2n1C)c1ccnc2c(F)cc(F)cc12. The van der Waals surface area contributed by atoms with E-state index >= 15 is 0 Å². The van der Waals surface area contributed by atoms with Gasteiger partial charge in [0, 0.05) is 37.4 Å². The third-order valence-corrected chi connectivity index (χ3v) is 4.41. The lowest BCUT2D eigenvalue weighted by molar-refractivity contribution is 0.590. The molecule has 0 N–H and O–H groups in total. The maximum atomic E-state index is 14.0. The molecule has 0 aliphatic rings. The fourth-order valence-corrected chi connectivity index (χ4v) is 3.13. The van der Waals surface area contributed by atoms with Crippen molar-refractivity contribution in [1.82, 2.24) is 14.5 Å². The maximum Gasteiger partial charge on any atom is 0.152 e. The third-order valence-electron chi connectivity index (χ3n) is 4.41. The summed E-state index contributed by atoms with van der Waals surface area (Å²) in [6.45, 7) is 0.502. The molecule has 25 heavy (non-hydrogen) atoms. The minimum atomic E-state index is -0.659. The first-order valence-corrected chi connectivity index (χ1v) is 7.90. The van der Waals surface area contributed by atoms with Crippen LogP contribution in [0.25, 0.3) is 21.9 Å². The van der Waals surface area contributed by atoms with E-state index in [1.54, 1.807) is 6.07 Å². The molecule has 6 heteroatoms. The molecule has 2 heterocycles. The Kier molecular flexibility index (Phi) is 3.60. The minimum Gasteiger partial charge on any atom is -0.367 e. The van der Waals surface area contributed by atoms with Crippen LogP contribution in [0.3, 0.4) is 0 Å². The van der Waals surface area contributed by atoms with Gasteiger partial charge in [0.2, 0.25) is 0 Å². The van der Waals surface area contributed by atoms with E-state index < -0.39 is 11.6 Å². The zero-order valence-electron chi connectivity index (χ0n) is 13.9. The number of aryl methyl sites for hydroxylation is 1. The van der Waals surface area contributed by atoms with Gasteiger partial charge in [-0.3, -0.25) is 4.98 Å². The zero-order valence-corrected chi connectivity index (χ0v) is 13.9. The first kappa shape index (κ1) is 15.5. The van der Waals surface area contributed by atoms with Crippen LogP contribution >= 0.6 is 0 Å². The lowest BCUT2D eigenvalue weighted by Gasteiger charge is -2.20. The largest absolute Gasteiger partial charge is 0.367 e. The fraction of sp³-hybridized carbons (Fsp3) is 0.158. The Hall–Kier alpha value is -3.02. The van der Waals surface area contributed by atoms with Crippen LogP contribution in [0.2, 0.25) is 0 Å². The summed E-state index contributed by atoms with van der Waals surface area (Å²) in [4.78, 5) is 10.6. The number of para-hydroxylation sites is 2. The fourth-order valence-electron chi connectivity index (χ4n) is 3.13. The van der Waals surface area contributed by atoms with E-state index in [-0.39, 0.29) is 5.52 Å². The Morgan fingerprint density at radius 1 is 1.12 bits per heavy atom. The molecule has 126 valence electrons. The number of imidazole rings is 1. The summed E-state index contributed by atoms with van der Waals surface area (Å²) >= 11 is 0. The number of aromatic nitrogens is 3. The average Bonchev–Trinajstić information content (AvgIpc) is 2.90. The number of hydrogen-bond donors (Lipinski definition) is 0. The summed E-state index contributed by atoms with van der Waals surface area (Å²) in [6, 6.07) is 11.8. The van der Waals surface area contributed by atoms with Crippen LogP contribution in [0.5, 0.6) is 0 Å². The lowest BCUT2D eigenvalue weighted by atomic mass is 10.1. The second-order valence-corrected chi connectivity index (χ2v) is 6.05. The molecule has 0 bridgehead atoms. The summed E-state index contributed by atoms with van der Waals surface area (Å²) in [5.74, 6) is -0.408. The topological polar surface area (TPSA) is 34.0 Å². The van der Waals surface area contributed by atoms with Gasteiger partial charge in [-0.1, -0.05) is 12.1 Å². The summed E-state index contributed by atoms with van der Waals surface area (Å²) in [5.41, 5.74) is 2.83. The van der Waals surface area contributed by atoms with Gasteiger partial charge in [-0.25, -0.2) is 13.8 Å². The minimum absolute atomic E-state index is 0.163. The molecule has 0 radical (unpaired) electrons. The predicted molar refractivity (Wildman–Crippen MR) is 94.5 cm³/mol. The predicted octanol–water partition coefficient (Wildman–Crippen LogP) is 4.04. The number of rotatable bonds is 3. The van der Waals surface area contributed by atoms with Crippen molar-refractivity contribution in [3.8, 4) is 0 Å². The van der Waals surface area contributed by atoms with Crippen LogP contribution in [-0.4, -0.2) is 21.6 Å². The summed E-state index contributed by atoms with van der Waals surface area (Å²) < 4.78 is 29.7. The Bertz CT molecular complexity index is 1090. The van der Waals surface area contributed by atoms with E-state index in [2.05, 4.69) is 9.97 Å². The van der Waals surface area contributed by atoms with Gasteiger partial charge in [0.15, 0.2) is 5.82 Å². The number of hydrogen-bond acceptors (Lipinski definition) is 3. The molecule has 0 atom stereocenters. The van der Waals surface area contributed by atoms with E-state index in [4.69, 9.17) is 0 Å². The van der Waals surface area contributed by atoms with Crippen LogP contribution in [-0.2, 0) is 13.6 Å². The maximum absolute atomic E-state index is 14.0. The first-order chi connectivity index (χ1) is 12.0. The standard InChI is InChI=1S/C19H16F2N4/c1-24(11-18-23-15-5-3-4-6-17(15)25(18)2)16-7-8-22-19-13(16)9-12(20)10-14(19)21/h3-10H,11H2,1-2H3. The Balaban J connectivity index is 1.77. The zero-order chi connectivity index (χ0) is 17.6. The normalized spacial score (nSPS) is 11.4. The van der Waals surface area contributed by atoms with Gasteiger partial charge in [-0.2, -0.15) is 0 Å². The van der Waals surface area contributed by atoms with Gasteiger partial charge in [-0.05, 0) is 24.3 Å². The Morgan fingerprint density at radius 3 is 2.72 bits per heavy atom. The van der Waals surface area contributed by atoms with Crippen LogP contribution in [0.15, 0.2) is 48.7 Å². The second kappa shape index (κ2) is 5.81. The number of halogens is 2. The molecule has 0 saturated carbocycles. The van der Waals surface area contributed by atoms with Crippen LogP contribution < -0.4 is 4.90 Å². The van der Waals surface area contributed by atoms with Crippen molar-refractivity contribution in [2.24, 2.45) is 7.05 Å². The van der Waals surface area contributed by atoms with Crippen molar-refractivity contribution in [2.45, 2.75) is 6.54 Å². The van der Waals surface area contributed by atoms with Crippen LogP contribution in [0.4, 0.5) is 14.5 Å². The average molecular weight is 338 g/mol.